The lowest BCUT2D eigenvalue weighted by Crippen LogP contribution is -2.36. The topological polar surface area (TPSA) is 61.8 Å². The molecule has 0 radical (unpaired) electrons. The number of likely N-dealkylation sites (tertiary alicyclic amines) is 1. The standard InChI is InChI=1S/C20H30N2O3/c23-20(24)15-25-19-3-1-17(2-4-19)18-8-13-22(14-9-18)12-7-16-5-10-21-11-6-16/h1-4,16,18,21H,5-15H2,(H,23,24). The summed E-state index contributed by atoms with van der Waals surface area (Å²) in [5.74, 6) is 1.22. The van der Waals surface area contributed by atoms with Gasteiger partial charge in [0.15, 0.2) is 6.61 Å². The third kappa shape index (κ3) is 5.72. The van der Waals surface area contributed by atoms with E-state index >= 15 is 0 Å². The molecule has 25 heavy (non-hydrogen) atoms. The molecule has 0 saturated carbocycles. The van der Waals surface area contributed by atoms with Crippen LogP contribution < -0.4 is 10.1 Å². The predicted octanol–water partition coefficient (Wildman–Crippen LogP) is 2.72. The molecule has 1 aromatic rings. The highest BCUT2D eigenvalue weighted by molar-refractivity contribution is 5.68. The van der Waals surface area contributed by atoms with Crippen molar-refractivity contribution in [1.82, 2.24) is 10.2 Å². The van der Waals surface area contributed by atoms with Gasteiger partial charge in [-0.25, -0.2) is 4.79 Å². The molecule has 3 rings (SSSR count). The normalized spacial score (nSPS) is 20.5. The van der Waals surface area contributed by atoms with Crippen molar-refractivity contribution in [3.8, 4) is 5.75 Å². The van der Waals surface area contributed by atoms with Crippen molar-refractivity contribution < 1.29 is 14.6 Å². The maximum Gasteiger partial charge on any atom is 0.341 e. The Labute approximate surface area is 150 Å². The van der Waals surface area contributed by atoms with Gasteiger partial charge < -0.3 is 20.1 Å². The maximum absolute atomic E-state index is 10.5. The highest BCUT2D eigenvalue weighted by atomic mass is 16.5. The smallest absolute Gasteiger partial charge is 0.341 e. The zero-order valence-corrected chi connectivity index (χ0v) is 15.0. The van der Waals surface area contributed by atoms with E-state index < -0.39 is 5.97 Å². The highest BCUT2D eigenvalue weighted by Gasteiger charge is 2.21. The van der Waals surface area contributed by atoms with Crippen LogP contribution in [0.3, 0.4) is 0 Å². The van der Waals surface area contributed by atoms with Crippen LogP contribution in [0, 0.1) is 5.92 Å². The number of nitrogens with zero attached hydrogens (tertiary/aromatic N) is 1. The number of carboxylic acid groups (broad SMARTS) is 1. The molecule has 5 nitrogen and oxygen atoms in total. The Balaban J connectivity index is 1.40. The molecule has 0 spiro atoms. The van der Waals surface area contributed by atoms with Crippen LogP contribution in [-0.2, 0) is 4.79 Å². The Hall–Kier alpha value is -1.59. The number of carbonyl (C=O) groups is 1. The number of piperidine rings is 2. The van der Waals surface area contributed by atoms with Crippen LogP contribution in [0.1, 0.15) is 43.6 Å². The monoisotopic (exact) mass is 346 g/mol. The van der Waals surface area contributed by atoms with Crippen LogP contribution in [0.15, 0.2) is 24.3 Å². The number of carboxylic acids is 1. The molecule has 2 N–H and O–H groups in total. The summed E-state index contributed by atoms with van der Waals surface area (Å²) < 4.78 is 5.20. The molecule has 2 fully saturated rings. The van der Waals surface area contributed by atoms with Gasteiger partial charge >= 0.3 is 5.97 Å². The first-order chi connectivity index (χ1) is 12.2. The molecule has 0 unspecified atom stereocenters. The van der Waals surface area contributed by atoms with Crippen LogP contribution in [0.5, 0.6) is 5.75 Å². The van der Waals surface area contributed by atoms with Crippen LogP contribution in [0.4, 0.5) is 0 Å². The predicted molar refractivity (Wildman–Crippen MR) is 98.2 cm³/mol. The Morgan fingerprint density at radius 3 is 2.44 bits per heavy atom. The van der Waals surface area contributed by atoms with Crippen LogP contribution >= 0.6 is 0 Å². The molecule has 0 amide bonds. The minimum Gasteiger partial charge on any atom is -0.482 e. The average molecular weight is 346 g/mol. The van der Waals surface area contributed by atoms with E-state index in [4.69, 9.17) is 9.84 Å². The first-order valence-electron chi connectivity index (χ1n) is 9.58. The number of ether oxygens (including phenoxy) is 1. The third-order valence-corrected chi connectivity index (χ3v) is 5.61. The lowest BCUT2D eigenvalue weighted by atomic mass is 9.88. The lowest BCUT2D eigenvalue weighted by molar-refractivity contribution is -0.139. The van der Waals surface area contributed by atoms with Crippen LogP contribution in [-0.4, -0.2) is 55.3 Å². The van der Waals surface area contributed by atoms with Crippen LogP contribution in [0.2, 0.25) is 0 Å². The van der Waals surface area contributed by atoms with Gasteiger partial charge in [0.25, 0.3) is 0 Å². The second-order valence-electron chi connectivity index (χ2n) is 7.35. The molecule has 2 aliphatic rings. The fourth-order valence-electron chi connectivity index (χ4n) is 4.01. The van der Waals surface area contributed by atoms with E-state index in [9.17, 15) is 4.79 Å². The molecule has 2 aliphatic heterocycles. The van der Waals surface area contributed by atoms with Crippen molar-refractivity contribution >= 4 is 5.97 Å². The Bertz CT molecular complexity index is 532. The van der Waals surface area contributed by atoms with E-state index in [1.54, 1.807) is 0 Å². The van der Waals surface area contributed by atoms with Crippen molar-refractivity contribution in [3.63, 3.8) is 0 Å². The minimum atomic E-state index is -0.944. The number of hydrogen-bond donors (Lipinski definition) is 2. The number of aliphatic carboxylic acids is 1. The van der Waals surface area contributed by atoms with Gasteiger partial charge in [0.2, 0.25) is 0 Å². The van der Waals surface area contributed by atoms with Gasteiger partial charge in [0.05, 0.1) is 0 Å². The quantitative estimate of drug-likeness (QED) is 0.795. The van der Waals surface area contributed by atoms with Gasteiger partial charge in [-0.05, 0) is 94.4 Å². The summed E-state index contributed by atoms with van der Waals surface area (Å²) in [5, 5.41) is 12.1. The number of hydrogen-bond acceptors (Lipinski definition) is 4. The Morgan fingerprint density at radius 1 is 1.12 bits per heavy atom. The number of rotatable bonds is 7. The second-order valence-corrected chi connectivity index (χ2v) is 7.35. The van der Waals surface area contributed by atoms with E-state index in [0.717, 1.165) is 5.92 Å². The van der Waals surface area contributed by atoms with E-state index in [0.29, 0.717) is 11.7 Å². The molecule has 2 saturated heterocycles. The van der Waals surface area contributed by atoms with Crippen molar-refractivity contribution in [2.75, 3.05) is 39.3 Å². The maximum atomic E-state index is 10.5. The molecular weight excluding hydrogens is 316 g/mol. The van der Waals surface area contributed by atoms with Gasteiger partial charge in [-0.2, -0.15) is 0 Å². The summed E-state index contributed by atoms with van der Waals surface area (Å²) in [7, 11) is 0. The van der Waals surface area contributed by atoms with E-state index in [2.05, 4.69) is 22.3 Å². The summed E-state index contributed by atoms with van der Waals surface area (Å²) in [5.41, 5.74) is 1.35. The summed E-state index contributed by atoms with van der Waals surface area (Å²) in [6.45, 7) is 5.73. The fourth-order valence-corrected chi connectivity index (χ4v) is 4.01. The van der Waals surface area contributed by atoms with E-state index in [1.807, 2.05) is 12.1 Å². The van der Waals surface area contributed by atoms with Gasteiger partial charge in [0, 0.05) is 0 Å². The molecule has 2 heterocycles. The first-order valence-corrected chi connectivity index (χ1v) is 9.58. The van der Waals surface area contributed by atoms with Crippen molar-refractivity contribution in [1.29, 1.82) is 0 Å². The highest BCUT2D eigenvalue weighted by Crippen LogP contribution is 2.29. The van der Waals surface area contributed by atoms with Gasteiger partial charge in [0.1, 0.15) is 5.75 Å². The third-order valence-electron chi connectivity index (χ3n) is 5.61. The van der Waals surface area contributed by atoms with Crippen molar-refractivity contribution in [3.05, 3.63) is 29.8 Å². The molecule has 0 bridgehead atoms. The molecule has 5 heteroatoms. The minimum absolute atomic E-state index is 0.283. The number of nitrogens with one attached hydrogen (secondary N) is 1. The van der Waals surface area contributed by atoms with E-state index in [1.165, 1.54) is 70.4 Å². The molecule has 0 atom stereocenters. The van der Waals surface area contributed by atoms with Gasteiger partial charge in [-0.3, -0.25) is 0 Å². The second kappa shape index (κ2) is 9.20. The van der Waals surface area contributed by atoms with Gasteiger partial charge in [-0.1, -0.05) is 12.1 Å². The molecular formula is C20H30N2O3. The SMILES string of the molecule is O=C(O)COc1ccc(C2CCN(CCC3CCNCC3)CC2)cc1. The van der Waals surface area contributed by atoms with Crippen LogP contribution in [0.25, 0.3) is 0 Å². The Kier molecular flexibility index (Phi) is 6.70. The summed E-state index contributed by atoms with van der Waals surface area (Å²) >= 11 is 0. The lowest BCUT2D eigenvalue weighted by Gasteiger charge is -2.33. The summed E-state index contributed by atoms with van der Waals surface area (Å²) in [4.78, 5) is 13.2. The summed E-state index contributed by atoms with van der Waals surface area (Å²) in [6, 6.07) is 7.96. The summed E-state index contributed by atoms with van der Waals surface area (Å²) in [6.07, 6.45) is 6.45. The fraction of sp³-hybridized carbons (Fsp3) is 0.650. The van der Waals surface area contributed by atoms with Crippen molar-refractivity contribution in [2.24, 2.45) is 5.92 Å². The molecule has 138 valence electrons. The molecule has 1 aromatic carbocycles. The van der Waals surface area contributed by atoms with Gasteiger partial charge in [-0.15, -0.1) is 0 Å². The zero-order chi connectivity index (χ0) is 17.5. The van der Waals surface area contributed by atoms with E-state index in [-0.39, 0.29) is 6.61 Å². The molecule has 0 aromatic heterocycles. The first kappa shape index (κ1) is 18.2. The van der Waals surface area contributed by atoms with Crippen molar-refractivity contribution in [2.45, 2.75) is 38.0 Å². The molecule has 0 aliphatic carbocycles. The number of benzene rings is 1. The zero-order valence-electron chi connectivity index (χ0n) is 15.0. The largest absolute Gasteiger partial charge is 0.482 e. The Morgan fingerprint density at radius 2 is 1.80 bits per heavy atom. The average Bonchev–Trinajstić information content (AvgIpc) is 2.66.